The highest BCUT2D eigenvalue weighted by Gasteiger charge is 1.99. The van der Waals surface area contributed by atoms with Gasteiger partial charge in [0.2, 0.25) is 0 Å². The maximum atomic E-state index is 5.84. The lowest BCUT2D eigenvalue weighted by Gasteiger charge is -1.99. The van der Waals surface area contributed by atoms with Gasteiger partial charge >= 0.3 is 0 Å². The van der Waals surface area contributed by atoms with Crippen molar-refractivity contribution in [3.8, 4) is 0 Å². The Morgan fingerprint density at radius 2 is 2.09 bits per heavy atom. The van der Waals surface area contributed by atoms with Crippen LogP contribution in [-0.4, -0.2) is 4.98 Å². The number of hydrogen-bond donors (Lipinski definition) is 2. The standard InChI is InChI=1S/C9H10N2/c1-6-2-3-8-7(9(6)10)4-5-11-8/h2-5,11H,10H2,1H3. The van der Waals surface area contributed by atoms with Crippen LogP contribution in [0.4, 0.5) is 5.69 Å². The van der Waals surface area contributed by atoms with E-state index in [1.54, 1.807) is 0 Å². The SMILES string of the molecule is Cc1ccc2[nH]ccc2c1N. The van der Waals surface area contributed by atoms with Crippen LogP contribution >= 0.6 is 0 Å². The molecule has 0 spiro atoms. The molecule has 0 atom stereocenters. The fourth-order valence-corrected chi connectivity index (χ4v) is 1.27. The van der Waals surface area contributed by atoms with Gasteiger partial charge in [0.05, 0.1) is 0 Å². The number of fused-ring (bicyclic) bond motifs is 1. The van der Waals surface area contributed by atoms with Gasteiger partial charge in [0.1, 0.15) is 0 Å². The normalized spacial score (nSPS) is 10.6. The molecule has 0 radical (unpaired) electrons. The Balaban J connectivity index is 2.93. The van der Waals surface area contributed by atoms with Crippen LogP contribution in [0.3, 0.4) is 0 Å². The van der Waals surface area contributed by atoms with E-state index in [4.69, 9.17) is 5.73 Å². The van der Waals surface area contributed by atoms with Gasteiger partial charge in [-0.15, -0.1) is 0 Å². The summed E-state index contributed by atoms with van der Waals surface area (Å²) in [6, 6.07) is 6.06. The number of aromatic amines is 1. The number of nitrogens with one attached hydrogen (secondary N) is 1. The van der Waals surface area contributed by atoms with E-state index in [0.29, 0.717) is 0 Å². The van der Waals surface area contributed by atoms with Crippen LogP contribution in [0, 0.1) is 6.92 Å². The second-order valence-corrected chi connectivity index (χ2v) is 2.74. The van der Waals surface area contributed by atoms with E-state index < -0.39 is 0 Å². The topological polar surface area (TPSA) is 41.8 Å². The van der Waals surface area contributed by atoms with Crippen molar-refractivity contribution in [1.29, 1.82) is 0 Å². The largest absolute Gasteiger partial charge is 0.398 e. The number of benzene rings is 1. The first-order valence-corrected chi connectivity index (χ1v) is 3.61. The average Bonchev–Trinajstić information content (AvgIpc) is 2.45. The molecule has 1 heterocycles. The molecule has 1 aromatic carbocycles. The van der Waals surface area contributed by atoms with Gasteiger partial charge < -0.3 is 10.7 Å². The van der Waals surface area contributed by atoms with Crippen LogP contribution in [-0.2, 0) is 0 Å². The quantitative estimate of drug-likeness (QED) is 0.549. The smallest absolute Gasteiger partial charge is 0.0474 e. The first-order valence-electron chi connectivity index (χ1n) is 3.61. The summed E-state index contributed by atoms with van der Waals surface area (Å²) >= 11 is 0. The van der Waals surface area contributed by atoms with E-state index in [0.717, 1.165) is 22.2 Å². The Bertz CT molecular complexity index is 387. The summed E-state index contributed by atoms with van der Waals surface area (Å²) in [4.78, 5) is 3.11. The molecule has 11 heavy (non-hydrogen) atoms. The molecule has 1 aromatic heterocycles. The van der Waals surface area contributed by atoms with Crippen LogP contribution in [0.15, 0.2) is 24.4 Å². The maximum absolute atomic E-state index is 5.84. The second kappa shape index (κ2) is 2.02. The van der Waals surface area contributed by atoms with Crippen molar-refractivity contribution in [2.45, 2.75) is 6.92 Å². The van der Waals surface area contributed by atoms with Crippen molar-refractivity contribution >= 4 is 16.6 Å². The number of H-pyrrole nitrogens is 1. The van der Waals surface area contributed by atoms with Crippen LogP contribution in [0.1, 0.15) is 5.56 Å². The van der Waals surface area contributed by atoms with E-state index in [2.05, 4.69) is 4.98 Å². The van der Waals surface area contributed by atoms with E-state index in [1.807, 2.05) is 31.3 Å². The summed E-state index contributed by atoms with van der Waals surface area (Å²) in [7, 11) is 0. The second-order valence-electron chi connectivity index (χ2n) is 2.74. The molecule has 2 aromatic rings. The molecular formula is C9H10N2. The molecule has 2 rings (SSSR count). The van der Waals surface area contributed by atoms with Gasteiger partial charge in [0.15, 0.2) is 0 Å². The molecule has 0 saturated heterocycles. The molecule has 0 bridgehead atoms. The maximum Gasteiger partial charge on any atom is 0.0474 e. The Kier molecular flexibility index (Phi) is 1.15. The molecule has 2 heteroatoms. The Morgan fingerprint density at radius 3 is 2.91 bits per heavy atom. The van der Waals surface area contributed by atoms with Crippen molar-refractivity contribution in [1.82, 2.24) is 4.98 Å². The summed E-state index contributed by atoms with van der Waals surface area (Å²) in [6.45, 7) is 2.02. The molecule has 0 aliphatic rings. The lowest BCUT2D eigenvalue weighted by molar-refractivity contribution is 1.46. The minimum Gasteiger partial charge on any atom is -0.398 e. The third-order valence-corrected chi connectivity index (χ3v) is 1.99. The molecule has 0 amide bonds. The lowest BCUT2D eigenvalue weighted by atomic mass is 10.1. The molecule has 0 unspecified atom stereocenters. The van der Waals surface area contributed by atoms with Gasteiger partial charge in [0, 0.05) is 22.8 Å². The molecular weight excluding hydrogens is 136 g/mol. The fraction of sp³-hybridized carbons (Fsp3) is 0.111. The summed E-state index contributed by atoms with van der Waals surface area (Å²) < 4.78 is 0. The lowest BCUT2D eigenvalue weighted by Crippen LogP contribution is -1.88. The zero-order chi connectivity index (χ0) is 7.84. The minimum absolute atomic E-state index is 0.878. The zero-order valence-corrected chi connectivity index (χ0v) is 6.39. The van der Waals surface area contributed by atoms with Crippen LogP contribution in [0.25, 0.3) is 10.9 Å². The minimum atomic E-state index is 0.878. The van der Waals surface area contributed by atoms with Gasteiger partial charge in [-0.05, 0) is 24.6 Å². The third kappa shape index (κ3) is 0.792. The predicted molar refractivity (Wildman–Crippen MR) is 47.4 cm³/mol. The number of rotatable bonds is 0. The van der Waals surface area contributed by atoms with Gasteiger partial charge in [-0.1, -0.05) is 6.07 Å². The van der Waals surface area contributed by atoms with Crippen LogP contribution in [0.2, 0.25) is 0 Å². The van der Waals surface area contributed by atoms with Gasteiger partial charge in [-0.2, -0.15) is 0 Å². The Labute approximate surface area is 65.0 Å². The van der Waals surface area contributed by atoms with E-state index in [-0.39, 0.29) is 0 Å². The summed E-state index contributed by atoms with van der Waals surface area (Å²) in [6.07, 6.45) is 1.90. The van der Waals surface area contributed by atoms with Crippen LogP contribution in [0.5, 0.6) is 0 Å². The number of aromatic nitrogens is 1. The van der Waals surface area contributed by atoms with E-state index in [9.17, 15) is 0 Å². The number of aryl methyl sites for hydroxylation is 1. The zero-order valence-electron chi connectivity index (χ0n) is 6.39. The molecule has 0 aliphatic carbocycles. The van der Waals surface area contributed by atoms with Crippen molar-refractivity contribution < 1.29 is 0 Å². The summed E-state index contributed by atoms with van der Waals surface area (Å²) in [5.74, 6) is 0. The van der Waals surface area contributed by atoms with Gasteiger partial charge in [-0.25, -0.2) is 0 Å². The van der Waals surface area contributed by atoms with Gasteiger partial charge in [-0.3, -0.25) is 0 Å². The van der Waals surface area contributed by atoms with Crippen LogP contribution < -0.4 is 5.73 Å². The first-order chi connectivity index (χ1) is 5.29. The van der Waals surface area contributed by atoms with Crippen molar-refractivity contribution in [3.05, 3.63) is 30.0 Å². The summed E-state index contributed by atoms with van der Waals surface area (Å²) in [5, 5.41) is 1.12. The van der Waals surface area contributed by atoms with E-state index >= 15 is 0 Å². The first kappa shape index (κ1) is 6.28. The van der Waals surface area contributed by atoms with E-state index in [1.165, 1.54) is 0 Å². The molecule has 56 valence electrons. The Hall–Kier alpha value is -1.44. The average molecular weight is 146 g/mol. The molecule has 0 aliphatic heterocycles. The molecule has 0 saturated carbocycles. The monoisotopic (exact) mass is 146 g/mol. The fourth-order valence-electron chi connectivity index (χ4n) is 1.27. The van der Waals surface area contributed by atoms with Crippen molar-refractivity contribution in [2.75, 3.05) is 5.73 Å². The Morgan fingerprint density at radius 1 is 1.27 bits per heavy atom. The number of nitrogens with two attached hydrogens (primary N) is 1. The van der Waals surface area contributed by atoms with Crippen molar-refractivity contribution in [3.63, 3.8) is 0 Å². The molecule has 0 fully saturated rings. The highest BCUT2D eigenvalue weighted by molar-refractivity contribution is 5.92. The number of nitrogen functional groups attached to an aromatic ring is 1. The molecule has 2 nitrogen and oxygen atoms in total. The third-order valence-electron chi connectivity index (χ3n) is 1.99. The summed E-state index contributed by atoms with van der Waals surface area (Å²) in [5.41, 5.74) is 8.96. The number of anilines is 1. The van der Waals surface area contributed by atoms with Gasteiger partial charge in [0.25, 0.3) is 0 Å². The predicted octanol–water partition coefficient (Wildman–Crippen LogP) is 2.06. The highest BCUT2D eigenvalue weighted by atomic mass is 14.7. The highest BCUT2D eigenvalue weighted by Crippen LogP contribution is 2.22. The van der Waals surface area contributed by atoms with Crippen molar-refractivity contribution in [2.24, 2.45) is 0 Å². The number of hydrogen-bond acceptors (Lipinski definition) is 1. The molecule has 3 N–H and O–H groups in total.